The Balaban J connectivity index is 0.00000102. The molecule has 4 nitrogen and oxygen atoms in total. The molecular weight excluding hydrogens is 274 g/mol. The number of likely N-dealkylation sites (tertiary alicyclic amines) is 1. The molecule has 2 fully saturated rings. The van der Waals surface area contributed by atoms with Gasteiger partial charge in [-0.25, -0.2) is 0 Å². The van der Waals surface area contributed by atoms with Crippen molar-refractivity contribution >= 4 is 5.91 Å². The van der Waals surface area contributed by atoms with E-state index in [2.05, 4.69) is 30.7 Å². The lowest BCUT2D eigenvalue weighted by Gasteiger charge is -2.36. The Labute approximate surface area is 138 Å². The second kappa shape index (κ2) is 11.0. The highest BCUT2D eigenvalue weighted by Crippen LogP contribution is 2.28. The zero-order valence-corrected chi connectivity index (χ0v) is 16.2. The zero-order chi connectivity index (χ0) is 17.3. The normalized spacial score (nSPS) is 29.3. The lowest BCUT2D eigenvalue weighted by Crippen LogP contribution is -2.49. The molecule has 2 aliphatic heterocycles. The minimum absolute atomic E-state index is 0.220. The SMILES string of the molecule is CC.CC.CC(=O)N1CCN(CC2CC(C)N(C)[C@@H]2C)CC1. The maximum Gasteiger partial charge on any atom is 0.219 e. The van der Waals surface area contributed by atoms with E-state index in [1.807, 2.05) is 32.6 Å². The number of carbonyl (C=O) groups excluding carboxylic acids is 1. The predicted molar refractivity (Wildman–Crippen MR) is 96.2 cm³/mol. The van der Waals surface area contributed by atoms with Crippen LogP contribution in [0, 0.1) is 5.92 Å². The molecule has 2 heterocycles. The van der Waals surface area contributed by atoms with E-state index in [-0.39, 0.29) is 5.91 Å². The van der Waals surface area contributed by atoms with Gasteiger partial charge in [-0.1, -0.05) is 27.7 Å². The first-order valence-corrected chi connectivity index (χ1v) is 9.19. The van der Waals surface area contributed by atoms with Gasteiger partial charge in [0.1, 0.15) is 0 Å². The number of rotatable bonds is 2. The molecule has 0 aliphatic carbocycles. The van der Waals surface area contributed by atoms with E-state index in [9.17, 15) is 4.79 Å². The number of hydrogen-bond donors (Lipinski definition) is 0. The molecular formula is C18H39N3O. The largest absolute Gasteiger partial charge is 0.340 e. The summed E-state index contributed by atoms with van der Waals surface area (Å²) in [6.07, 6.45) is 1.31. The molecule has 0 aromatic rings. The van der Waals surface area contributed by atoms with E-state index < -0.39 is 0 Å². The van der Waals surface area contributed by atoms with Gasteiger partial charge in [-0.2, -0.15) is 0 Å². The van der Waals surface area contributed by atoms with Crippen molar-refractivity contribution in [2.75, 3.05) is 39.8 Å². The molecule has 0 spiro atoms. The molecule has 2 aliphatic rings. The summed E-state index contributed by atoms with van der Waals surface area (Å²) in [5.74, 6) is 1.01. The molecule has 0 N–H and O–H groups in total. The fourth-order valence-electron chi connectivity index (χ4n) is 3.34. The van der Waals surface area contributed by atoms with Gasteiger partial charge in [0.15, 0.2) is 0 Å². The van der Waals surface area contributed by atoms with E-state index in [1.165, 1.54) is 13.0 Å². The molecule has 0 aromatic heterocycles. The molecule has 4 heteroatoms. The van der Waals surface area contributed by atoms with Crippen LogP contribution in [-0.2, 0) is 4.79 Å². The van der Waals surface area contributed by atoms with Crippen LogP contribution in [0.2, 0.25) is 0 Å². The van der Waals surface area contributed by atoms with E-state index in [0.29, 0.717) is 12.1 Å². The predicted octanol–water partition coefficient (Wildman–Crippen LogP) is 2.93. The second-order valence-electron chi connectivity index (χ2n) is 6.06. The molecule has 22 heavy (non-hydrogen) atoms. The molecule has 0 radical (unpaired) electrons. The first kappa shape index (κ1) is 21.4. The van der Waals surface area contributed by atoms with Crippen LogP contribution in [0.15, 0.2) is 0 Å². The monoisotopic (exact) mass is 313 g/mol. The minimum Gasteiger partial charge on any atom is -0.340 e. The Morgan fingerprint density at radius 1 is 1.00 bits per heavy atom. The summed E-state index contributed by atoms with van der Waals surface area (Å²) in [5.41, 5.74) is 0. The van der Waals surface area contributed by atoms with Gasteiger partial charge < -0.3 is 9.80 Å². The molecule has 0 aromatic carbocycles. The van der Waals surface area contributed by atoms with Crippen LogP contribution in [-0.4, -0.2) is 72.5 Å². The number of amides is 1. The molecule has 2 rings (SSSR count). The third-order valence-electron chi connectivity index (χ3n) is 4.97. The Morgan fingerprint density at radius 3 is 1.86 bits per heavy atom. The minimum atomic E-state index is 0.220. The van der Waals surface area contributed by atoms with Crippen LogP contribution < -0.4 is 0 Å². The average molecular weight is 314 g/mol. The van der Waals surface area contributed by atoms with Gasteiger partial charge in [0.05, 0.1) is 0 Å². The first-order valence-electron chi connectivity index (χ1n) is 9.19. The highest BCUT2D eigenvalue weighted by Gasteiger charge is 2.34. The van der Waals surface area contributed by atoms with Crippen molar-refractivity contribution in [1.29, 1.82) is 0 Å². The summed E-state index contributed by atoms with van der Waals surface area (Å²) < 4.78 is 0. The Hall–Kier alpha value is -0.610. The molecule has 3 atom stereocenters. The third kappa shape index (κ3) is 5.88. The second-order valence-corrected chi connectivity index (χ2v) is 6.06. The summed E-state index contributed by atoms with van der Waals surface area (Å²) >= 11 is 0. The number of nitrogens with zero attached hydrogens (tertiary/aromatic N) is 3. The first-order chi connectivity index (χ1) is 10.5. The summed E-state index contributed by atoms with van der Waals surface area (Å²) in [7, 11) is 2.24. The van der Waals surface area contributed by atoms with E-state index in [0.717, 1.165) is 32.1 Å². The van der Waals surface area contributed by atoms with Crippen LogP contribution in [0.1, 0.15) is 54.9 Å². The van der Waals surface area contributed by atoms with Crippen LogP contribution >= 0.6 is 0 Å². The third-order valence-corrected chi connectivity index (χ3v) is 4.97. The van der Waals surface area contributed by atoms with Crippen LogP contribution in [0.3, 0.4) is 0 Å². The van der Waals surface area contributed by atoms with Gasteiger partial charge in [-0.05, 0) is 33.2 Å². The van der Waals surface area contributed by atoms with Gasteiger partial charge in [-0.3, -0.25) is 9.69 Å². The van der Waals surface area contributed by atoms with E-state index >= 15 is 0 Å². The Bertz CT molecular complexity index is 301. The molecule has 0 saturated carbocycles. The van der Waals surface area contributed by atoms with Crippen molar-refractivity contribution in [3.63, 3.8) is 0 Å². The fourth-order valence-corrected chi connectivity index (χ4v) is 3.34. The van der Waals surface area contributed by atoms with Gasteiger partial charge in [0, 0.05) is 51.7 Å². The Kier molecular flexibility index (Phi) is 10.7. The van der Waals surface area contributed by atoms with Gasteiger partial charge in [0.25, 0.3) is 0 Å². The average Bonchev–Trinajstić information content (AvgIpc) is 2.79. The van der Waals surface area contributed by atoms with Crippen molar-refractivity contribution in [3.05, 3.63) is 0 Å². The molecule has 1 amide bonds. The topological polar surface area (TPSA) is 26.8 Å². The van der Waals surface area contributed by atoms with Crippen molar-refractivity contribution in [3.8, 4) is 0 Å². The van der Waals surface area contributed by atoms with Gasteiger partial charge in [0.2, 0.25) is 5.91 Å². The highest BCUT2D eigenvalue weighted by atomic mass is 16.2. The number of carbonyl (C=O) groups is 1. The number of piperazine rings is 1. The number of hydrogen-bond acceptors (Lipinski definition) is 3. The van der Waals surface area contributed by atoms with Crippen molar-refractivity contribution < 1.29 is 4.79 Å². The zero-order valence-electron chi connectivity index (χ0n) is 16.2. The standard InChI is InChI=1S/C14H27N3O.2C2H6/c1-11-9-14(12(2)15(11)4)10-16-5-7-17(8-6-16)13(3)18;2*1-2/h11-12,14H,5-10H2,1-4H3;2*1-2H3/t11?,12-,14?;;/m1../s1. The smallest absolute Gasteiger partial charge is 0.219 e. The summed E-state index contributed by atoms with van der Waals surface area (Å²) in [6.45, 7) is 19.4. The van der Waals surface area contributed by atoms with E-state index in [4.69, 9.17) is 0 Å². The van der Waals surface area contributed by atoms with Gasteiger partial charge >= 0.3 is 0 Å². The van der Waals surface area contributed by atoms with Crippen LogP contribution in [0.4, 0.5) is 0 Å². The van der Waals surface area contributed by atoms with Crippen LogP contribution in [0.5, 0.6) is 0 Å². The van der Waals surface area contributed by atoms with Gasteiger partial charge in [-0.15, -0.1) is 0 Å². The summed E-state index contributed by atoms with van der Waals surface area (Å²) in [5, 5.41) is 0. The van der Waals surface area contributed by atoms with Crippen molar-refractivity contribution in [2.45, 2.75) is 67.0 Å². The van der Waals surface area contributed by atoms with E-state index in [1.54, 1.807) is 6.92 Å². The fraction of sp³-hybridized carbons (Fsp3) is 0.944. The lowest BCUT2D eigenvalue weighted by molar-refractivity contribution is -0.130. The lowest BCUT2D eigenvalue weighted by atomic mass is 9.99. The van der Waals surface area contributed by atoms with Crippen molar-refractivity contribution in [1.82, 2.24) is 14.7 Å². The summed E-state index contributed by atoms with van der Waals surface area (Å²) in [4.78, 5) is 18.3. The Morgan fingerprint density at radius 2 is 1.50 bits per heavy atom. The summed E-state index contributed by atoms with van der Waals surface area (Å²) in [6, 6.07) is 1.40. The maximum atomic E-state index is 11.3. The molecule has 2 unspecified atom stereocenters. The molecule has 0 bridgehead atoms. The maximum absolute atomic E-state index is 11.3. The molecule has 132 valence electrons. The molecule has 2 saturated heterocycles. The highest BCUT2D eigenvalue weighted by molar-refractivity contribution is 5.73. The van der Waals surface area contributed by atoms with Crippen LogP contribution in [0.25, 0.3) is 0 Å². The quantitative estimate of drug-likeness (QED) is 0.784. The van der Waals surface area contributed by atoms with Crippen molar-refractivity contribution in [2.24, 2.45) is 5.92 Å².